The second kappa shape index (κ2) is 3.60. The summed E-state index contributed by atoms with van der Waals surface area (Å²) in [5, 5.41) is 9.86. The number of nitrogens with two attached hydrogens (primary N) is 1. The molecule has 3 heteroatoms. The summed E-state index contributed by atoms with van der Waals surface area (Å²) in [6.45, 7) is 8.55. The van der Waals surface area contributed by atoms with Gasteiger partial charge in [0, 0.05) is 6.04 Å². The zero-order valence-corrected chi connectivity index (χ0v) is 7.86. The highest BCUT2D eigenvalue weighted by atomic mass is 15.1. The Hall–Kier alpha value is -0.730. The number of hydrogen-bond acceptors (Lipinski definition) is 1. The predicted molar refractivity (Wildman–Crippen MR) is 48.6 cm³/mol. The molecule has 66 valence electrons. The fourth-order valence-corrected chi connectivity index (χ4v) is 1.24. The largest absolute Gasteiger partial charge is 0.370 e. The molecule has 3 nitrogen and oxygen atoms in total. The van der Waals surface area contributed by atoms with E-state index in [1.807, 2.05) is 6.92 Å². The Morgan fingerprint density at radius 3 is 2.27 bits per heavy atom. The molecular formula is C8H19N3. The van der Waals surface area contributed by atoms with E-state index in [0.29, 0.717) is 5.41 Å². The van der Waals surface area contributed by atoms with E-state index < -0.39 is 0 Å². The highest BCUT2D eigenvalue weighted by molar-refractivity contribution is 5.74. The smallest absolute Gasteiger partial charge is 0.185 e. The van der Waals surface area contributed by atoms with E-state index in [-0.39, 0.29) is 12.0 Å². The van der Waals surface area contributed by atoms with Crippen LogP contribution in [0.25, 0.3) is 0 Å². The maximum Gasteiger partial charge on any atom is 0.185 e. The van der Waals surface area contributed by atoms with Crippen LogP contribution in [0.3, 0.4) is 0 Å². The van der Waals surface area contributed by atoms with Gasteiger partial charge in [-0.15, -0.1) is 0 Å². The van der Waals surface area contributed by atoms with Gasteiger partial charge in [-0.3, -0.25) is 5.41 Å². The van der Waals surface area contributed by atoms with Gasteiger partial charge in [-0.1, -0.05) is 20.8 Å². The molecule has 0 aliphatic heterocycles. The topological polar surface area (TPSA) is 61.9 Å². The van der Waals surface area contributed by atoms with Crippen molar-refractivity contribution in [1.29, 1.82) is 5.41 Å². The highest BCUT2D eigenvalue weighted by Crippen LogP contribution is 2.20. The quantitative estimate of drug-likeness (QED) is 0.418. The second-order valence-electron chi connectivity index (χ2n) is 4.22. The van der Waals surface area contributed by atoms with Crippen LogP contribution in [0.2, 0.25) is 0 Å². The van der Waals surface area contributed by atoms with Crippen molar-refractivity contribution in [2.24, 2.45) is 11.1 Å². The first-order valence-electron chi connectivity index (χ1n) is 3.92. The Bertz CT molecular complexity index is 135. The zero-order valence-electron chi connectivity index (χ0n) is 7.86. The van der Waals surface area contributed by atoms with Crippen molar-refractivity contribution in [3.05, 3.63) is 0 Å². The molecule has 0 heterocycles. The molecule has 0 rings (SSSR count). The third-order valence-corrected chi connectivity index (χ3v) is 1.32. The van der Waals surface area contributed by atoms with Crippen LogP contribution in [-0.2, 0) is 0 Å². The van der Waals surface area contributed by atoms with Crippen LogP contribution in [0.1, 0.15) is 34.1 Å². The molecule has 0 aromatic heterocycles. The Labute approximate surface area is 68.9 Å². The SMILES string of the molecule is CC(CC(C)(C)C)NC(=N)N. The third-order valence-electron chi connectivity index (χ3n) is 1.32. The van der Waals surface area contributed by atoms with E-state index in [2.05, 4.69) is 26.1 Å². The summed E-state index contributed by atoms with van der Waals surface area (Å²) in [5.41, 5.74) is 5.48. The first-order chi connectivity index (χ1) is 4.81. The first-order valence-corrected chi connectivity index (χ1v) is 3.92. The molecule has 0 spiro atoms. The maximum absolute atomic E-state index is 7.00. The maximum atomic E-state index is 7.00. The predicted octanol–water partition coefficient (Wildman–Crippen LogP) is 1.29. The lowest BCUT2D eigenvalue weighted by atomic mass is 9.89. The van der Waals surface area contributed by atoms with Gasteiger partial charge in [0.15, 0.2) is 5.96 Å². The molecule has 0 bridgehead atoms. The molecule has 0 fully saturated rings. The van der Waals surface area contributed by atoms with Crippen molar-refractivity contribution < 1.29 is 0 Å². The van der Waals surface area contributed by atoms with Crippen LogP contribution < -0.4 is 11.1 Å². The van der Waals surface area contributed by atoms with E-state index >= 15 is 0 Å². The van der Waals surface area contributed by atoms with Crippen LogP contribution >= 0.6 is 0 Å². The summed E-state index contributed by atoms with van der Waals surface area (Å²) in [6, 6.07) is 0.285. The van der Waals surface area contributed by atoms with Gasteiger partial charge >= 0.3 is 0 Å². The average molecular weight is 157 g/mol. The van der Waals surface area contributed by atoms with Gasteiger partial charge in [-0.25, -0.2) is 0 Å². The van der Waals surface area contributed by atoms with E-state index in [0.717, 1.165) is 6.42 Å². The molecule has 0 aliphatic rings. The zero-order chi connectivity index (χ0) is 9.07. The molecule has 4 N–H and O–H groups in total. The van der Waals surface area contributed by atoms with Gasteiger partial charge < -0.3 is 11.1 Å². The lowest BCUT2D eigenvalue weighted by Crippen LogP contribution is -2.39. The van der Waals surface area contributed by atoms with Crippen molar-refractivity contribution in [2.45, 2.75) is 40.2 Å². The van der Waals surface area contributed by atoms with E-state index in [9.17, 15) is 0 Å². The summed E-state index contributed by atoms with van der Waals surface area (Å²) in [6.07, 6.45) is 1.02. The number of guanidine groups is 1. The van der Waals surface area contributed by atoms with E-state index in [4.69, 9.17) is 11.1 Å². The lowest BCUT2D eigenvalue weighted by molar-refractivity contribution is 0.336. The van der Waals surface area contributed by atoms with Crippen LogP contribution in [0.4, 0.5) is 0 Å². The summed E-state index contributed by atoms with van der Waals surface area (Å²) in [5.74, 6) is 0.0572. The summed E-state index contributed by atoms with van der Waals surface area (Å²) >= 11 is 0. The average Bonchev–Trinajstić information content (AvgIpc) is 1.53. The molecule has 0 saturated carbocycles. The molecule has 0 saturated heterocycles. The minimum absolute atomic E-state index is 0.0572. The number of hydrogen-bond donors (Lipinski definition) is 3. The minimum atomic E-state index is 0.0572. The fraction of sp³-hybridized carbons (Fsp3) is 0.875. The molecule has 1 unspecified atom stereocenters. The number of nitrogens with one attached hydrogen (secondary N) is 2. The van der Waals surface area contributed by atoms with Gasteiger partial charge in [0.25, 0.3) is 0 Å². The van der Waals surface area contributed by atoms with Crippen molar-refractivity contribution >= 4 is 5.96 Å². The highest BCUT2D eigenvalue weighted by Gasteiger charge is 2.14. The Balaban J connectivity index is 3.69. The summed E-state index contributed by atoms with van der Waals surface area (Å²) in [7, 11) is 0. The molecule has 0 aromatic carbocycles. The lowest BCUT2D eigenvalue weighted by Gasteiger charge is -2.23. The molecule has 11 heavy (non-hydrogen) atoms. The van der Waals surface area contributed by atoms with Gasteiger partial charge in [0.05, 0.1) is 0 Å². The van der Waals surface area contributed by atoms with E-state index in [1.54, 1.807) is 0 Å². The molecular weight excluding hydrogens is 138 g/mol. The van der Waals surface area contributed by atoms with Crippen molar-refractivity contribution in [2.75, 3.05) is 0 Å². The minimum Gasteiger partial charge on any atom is -0.370 e. The fourth-order valence-electron chi connectivity index (χ4n) is 1.24. The van der Waals surface area contributed by atoms with E-state index in [1.165, 1.54) is 0 Å². The van der Waals surface area contributed by atoms with Crippen LogP contribution in [0.5, 0.6) is 0 Å². The molecule has 0 aromatic rings. The van der Waals surface area contributed by atoms with Crippen molar-refractivity contribution in [1.82, 2.24) is 5.32 Å². The Morgan fingerprint density at radius 2 is 2.00 bits per heavy atom. The Morgan fingerprint density at radius 1 is 1.55 bits per heavy atom. The van der Waals surface area contributed by atoms with Crippen LogP contribution in [0.15, 0.2) is 0 Å². The van der Waals surface area contributed by atoms with Gasteiger partial charge in [-0.2, -0.15) is 0 Å². The van der Waals surface area contributed by atoms with Crippen LogP contribution in [0, 0.1) is 10.8 Å². The first kappa shape index (κ1) is 10.3. The van der Waals surface area contributed by atoms with Crippen LogP contribution in [-0.4, -0.2) is 12.0 Å². The second-order valence-corrected chi connectivity index (χ2v) is 4.22. The summed E-state index contributed by atoms with van der Waals surface area (Å²) in [4.78, 5) is 0. The molecule has 0 radical (unpaired) electrons. The van der Waals surface area contributed by atoms with Crippen molar-refractivity contribution in [3.63, 3.8) is 0 Å². The number of rotatable bonds is 2. The Kier molecular flexibility index (Phi) is 3.36. The standard InChI is InChI=1S/C8H19N3/c1-6(11-7(9)10)5-8(2,3)4/h6H,5H2,1-4H3,(H4,9,10,11). The molecule has 0 amide bonds. The van der Waals surface area contributed by atoms with Crippen molar-refractivity contribution in [3.8, 4) is 0 Å². The van der Waals surface area contributed by atoms with Gasteiger partial charge in [-0.05, 0) is 18.8 Å². The third kappa shape index (κ3) is 7.16. The van der Waals surface area contributed by atoms with Gasteiger partial charge in [0.1, 0.15) is 0 Å². The normalized spacial score (nSPS) is 14.2. The van der Waals surface area contributed by atoms with Gasteiger partial charge in [0.2, 0.25) is 0 Å². The summed E-state index contributed by atoms with van der Waals surface area (Å²) < 4.78 is 0. The molecule has 1 atom stereocenters. The monoisotopic (exact) mass is 157 g/mol. The molecule has 0 aliphatic carbocycles.